The highest BCUT2D eigenvalue weighted by atomic mass is 32.2. The van der Waals surface area contributed by atoms with Crippen molar-refractivity contribution in [2.75, 3.05) is 56.9 Å². The monoisotopic (exact) mass is 1260 g/mol. The Hall–Kier alpha value is -6.55. The number of quaternary nitrogens is 4. The van der Waals surface area contributed by atoms with Crippen molar-refractivity contribution < 1.29 is 133 Å². The van der Waals surface area contributed by atoms with Crippen LogP contribution >= 0.6 is 11.8 Å². The maximum Gasteiger partial charge on any atom is 0.430 e. The molecular formula is C52H71F12N7O13S. The Balaban J connectivity index is 0.00000206. The van der Waals surface area contributed by atoms with Crippen LogP contribution in [-0.2, 0) is 51.3 Å². The third-order valence-corrected chi connectivity index (χ3v) is 12.2. The number of anilines is 1. The number of unbranched alkanes of at least 4 members (excludes halogenated alkanes) is 8. The van der Waals surface area contributed by atoms with Crippen molar-refractivity contribution >= 4 is 53.3 Å². The highest BCUT2D eigenvalue weighted by Gasteiger charge is 2.32. The number of nitrogens with zero attached hydrogens (tertiary/aromatic N) is 2. The van der Waals surface area contributed by atoms with Crippen molar-refractivity contribution in [2.45, 2.75) is 139 Å². The molecule has 2 heterocycles. The number of aromatic nitrogens is 2. The third-order valence-electron chi connectivity index (χ3n) is 11.1. The van der Waals surface area contributed by atoms with E-state index in [-0.39, 0.29) is 29.7 Å². The van der Waals surface area contributed by atoms with E-state index in [1.54, 1.807) is 12.3 Å². The summed E-state index contributed by atoms with van der Waals surface area (Å²) < 4.78 is 139. The lowest BCUT2D eigenvalue weighted by Crippen LogP contribution is -2.84. The molecule has 33 heteroatoms. The Morgan fingerprint density at radius 2 is 0.894 bits per heavy atom. The molecule has 2 atom stereocenters. The normalized spacial score (nSPS) is 13.9. The average molecular weight is 1260 g/mol. The molecule has 3 aromatic rings. The van der Waals surface area contributed by atoms with E-state index >= 15 is 0 Å². The van der Waals surface area contributed by atoms with Crippen LogP contribution in [-0.4, -0.2) is 127 Å². The number of carbonyl (C=O) groups is 6. The molecule has 0 aliphatic carbocycles. The van der Waals surface area contributed by atoms with Gasteiger partial charge in [0.1, 0.15) is 61.1 Å². The number of ether oxygens (including phenoxy) is 2. The maximum atomic E-state index is 12.8. The molecule has 1 aliphatic rings. The first kappa shape index (κ1) is 78.4. The van der Waals surface area contributed by atoms with Crippen LogP contribution in [0.25, 0.3) is 0 Å². The van der Waals surface area contributed by atoms with Gasteiger partial charge < -0.3 is 75.7 Å². The van der Waals surface area contributed by atoms with Crippen molar-refractivity contribution in [1.29, 1.82) is 0 Å². The van der Waals surface area contributed by atoms with Gasteiger partial charge in [0.15, 0.2) is 0 Å². The lowest BCUT2D eigenvalue weighted by Gasteiger charge is -2.15. The molecule has 0 bridgehead atoms. The summed E-state index contributed by atoms with van der Waals surface area (Å²) in [6.07, 6.45) is -5.50. The molecule has 1 fully saturated rings. The van der Waals surface area contributed by atoms with Crippen molar-refractivity contribution in [3.05, 3.63) is 94.5 Å². The standard InChI is InChI=1S/C44H67N7O5S.4C2HF3O2/c52-40(23-11-3-13-26-45-28-15-5-17-30-47-33-37-19-7-1-8-20-37)49-39-25-32-51(44(54)50-39)41-36-57-43(56-41)35-55-42(53)24-12-4-14-27-46-29-16-6-18-31-48-34-38-21-9-2-10-22-38;4*3-2(4,5)1(6)7/h1-2,7-10,19-22,25,32,41,43,45-48H,3-6,11-18,23-24,26-31,33-36H2,(H,49,50,52,54);4*(H,6,7)/t41-,43+;;;;/m0..../s1. The van der Waals surface area contributed by atoms with Gasteiger partial charge in [-0.1, -0.05) is 60.7 Å². The number of nitrogens with one attached hydrogen (secondary N) is 1. The fraction of sp³-hybridized carbons (Fsp3) is 0.577. The number of benzene rings is 2. The number of hydrogen-bond donors (Lipinski definition) is 5. The van der Waals surface area contributed by atoms with Crippen LogP contribution < -0.4 is 52.7 Å². The fourth-order valence-corrected chi connectivity index (χ4v) is 7.85. The van der Waals surface area contributed by atoms with Gasteiger partial charge in [0, 0.05) is 35.9 Å². The van der Waals surface area contributed by atoms with E-state index in [4.69, 9.17) is 49.1 Å². The lowest BCUT2D eigenvalue weighted by molar-refractivity contribution is -0.671. The number of hydrogen-bond acceptors (Lipinski definition) is 15. The summed E-state index contributed by atoms with van der Waals surface area (Å²) in [5.74, 6) is -11.6. The van der Waals surface area contributed by atoms with E-state index in [0.29, 0.717) is 18.6 Å². The number of carbonyl (C=O) groups excluding carboxylic acids is 6. The molecule has 0 radical (unpaired) electrons. The second kappa shape index (κ2) is 44.0. The minimum atomic E-state index is -5.19. The summed E-state index contributed by atoms with van der Waals surface area (Å²) in [6, 6.07) is 22.9. The van der Waals surface area contributed by atoms with Gasteiger partial charge in [0.05, 0.1) is 39.3 Å². The number of alkyl halides is 12. The van der Waals surface area contributed by atoms with E-state index in [0.717, 1.165) is 71.2 Å². The highest BCUT2D eigenvalue weighted by molar-refractivity contribution is 8.00. The molecule has 0 unspecified atom stereocenters. The quantitative estimate of drug-likeness (QED) is 0.0302. The van der Waals surface area contributed by atoms with E-state index in [1.165, 1.54) is 85.6 Å². The van der Waals surface area contributed by atoms with Crippen LogP contribution in [0.1, 0.15) is 107 Å². The number of esters is 1. The molecule has 0 saturated carbocycles. The van der Waals surface area contributed by atoms with Crippen molar-refractivity contribution in [1.82, 2.24) is 9.55 Å². The van der Waals surface area contributed by atoms with Gasteiger partial charge in [-0.05, 0) is 83.1 Å². The maximum absolute atomic E-state index is 12.8. The number of carboxylic acids is 4. The number of rotatable bonds is 32. The minimum Gasteiger partial charge on any atom is -0.542 e. The van der Waals surface area contributed by atoms with Gasteiger partial charge in [-0.25, -0.2) is 4.79 Å². The average Bonchev–Trinajstić information content (AvgIpc) is 4.06. The van der Waals surface area contributed by atoms with Crippen LogP contribution in [0.5, 0.6) is 0 Å². The number of nitrogens with two attached hydrogens (primary N) is 4. The van der Waals surface area contributed by atoms with Crippen LogP contribution in [0.3, 0.4) is 0 Å². The summed E-state index contributed by atoms with van der Waals surface area (Å²) in [4.78, 5) is 76.7. The summed E-state index contributed by atoms with van der Waals surface area (Å²) in [5, 5.41) is 47.5. The van der Waals surface area contributed by atoms with Gasteiger partial charge in [0.2, 0.25) is 5.91 Å². The zero-order chi connectivity index (χ0) is 64.3. The van der Waals surface area contributed by atoms with Crippen LogP contribution in [0, 0.1) is 0 Å². The molecular weight excluding hydrogens is 1190 g/mol. The summed E-state index contributed by atoms with van der Waals surface area (Å²) in [7, 11) is 0. The molecule has 2 aromatic carbocycles. The van der Waals surface area contributed by atoms with E-state index in [9.17, 15) is 67.1 Å². The first-order chi connectivity index (χ1) is 39.8. The Morgan fingerprint density at radius 3 is 1.26 bits per heavy atom. The smallest absolute Gasteiger partial charge is 0.430 e. The van der Waals surface area contributed by atoms with Gasteiger partial charge >= 0.3 is 36.4 Å². The van der Waals surface area contributed by atoms with Crippen LogP contribution in [0.2, 0.25) is 0 Å². The van der Waals surface area contributed by atoms with Crippen LogP contribution in [0.4, 0.5) is 58.5 Å². The molecule has 1 saturated heterocycles. The molecule has 482 valence electrons. The number of aliphatic carboxylic acids is 4. The second-order valence-electron chi connectivity index (χ2n) is 18.2. The number of halogens is 12. The van der Waals surface area contributed by atoms with Gasteiger partial charge in [-0.2, -0.15) is 57.7 Å². The predicted octanol–water partition coefficient (Wildman–Crippen LogP) is -0.377. The SMILES string of the molecule is O=C(CCCCC[NH2+]CCCCC[NH2+]Cc1ccccc1)Nc1ccn([C@@H]2CS[C@H](COC(=O)CCCCC[NH2+]CCCCC[NH2+]Cc3ccccc3)O2)c(=O)n1.O=C([O-])C(F)(F)F.O=C([O-])C(F)(F)F.O=C([O-])C(F)(F)F.O=C([O-])C(F)(F)F. The molecule has 9 N–H and O–H groups in total. The van der Waals surface area contributed by atoms with Gasteiger partial charge in [0.25, 0.3) is 0 Å². The second-order valence-corrected chi connectivity index (χ2v) is 19.4. The van der Waals surface area contributed by atoms with Crippen molar-refractivity contribution in [3.63, 3.8) is 0 Å². The summed E-state index contributed by atoms with van der Waals surface area (Å²) in [5.41, 5.74) is 1.95. The van der Waals surface area contributed by atoms with E-state index in [2.05, 4.69) is 92.2 Å². The largest absolute Gasteiger partial charge is 0.542 e. The Morgan fingerprint density at radius 1 is 0.541 bits per heavy atom. The molecule has 4 rings (SSSR count). The minimum absolute atomic E-state index is 0.133. The zero-order valence-electron chi connectivity index (χ0n) is 46.0. The first-order valence-electron chi connectivity index (χ1n) is 26.6. The summed E-state index contributed by atoms with van der Waals surface area (Å²) >= 11 is 1.51. The van der Waals surface area contributed by atoms with Crippen LogP contribution in [0.15, 0.2) is 77.7 Å². The predicted molar refractivity (Wildman–Crippen MR) is 271 cm³/mol. The van der Waals surface area contributed by atoms with Crippen molar-refractivity contribution in [2.24, 2.45) is 0 Å². The molecule has 0 spiro atoms. The Bertz CT molecular complexity index is 2310. The highest BCUT2D eigenvalue weighted by Crippen LogP contribution is 2.31. The molecule has 1 amide bonds. The lowest BCUT2D eigenvalue weighted by atomic mass is 10.2. The Labute approximate surface area is 485 Å². The van der Waals surface area contributed by atoms with E-state index in [1.807, 2.05) is 0 Å². The zero-order valence-corrected chi connectivity index (χ0v) is 46.8. The van der Waals surface area contributed by atoms with E-state index < -0.39 is 60.5 Å². The summed E-state index contributed by atoms with van der Waals surface area (Å²) in [6.45, 7) is 9.14. The van der Waals surface area contributed by atoms with Gasteiger partial charge in [-0.3, -0.25) is 14.2 Å². The van der Waals surface area contributed by atoms with Crippen molar-refractivity contribution in [3.8, 4) is 0 Å². The topological polar surface area (TPSA) is 326 Å². The molecule has 1 aliphatic heterocycles. The number of carboxylic acid groups (broad SMARTS) is 4. The third kappa shape index (κ3) is 43.7. The molecule has 85 heavy (non-hydrogen) atoms. The number of thioether (sulfide) groups is 1. The first-order valence-corrected chi connectivity index (χ1v) is 27.7. The number of amides is 1. The molecule has 20 nitrogen and oxygen atoms in total. The van der Waals surface area contributed by atoms with Gasteiger partial charge in [-0.15, -0.1) is 11.8 Å². The molecule has 1 aromatic heterocycles. The Kier molecular flexibility index (Phi) is 40.6. The fourth-order valence-electron chi connectivity index (χ4n) is 6.87.